The van der Waals surface area contributed by atoms with Crippen LogP contribution in [0, 0.1) is 5.92 Å². The zero-order valence-corrected chi connectivity index (χ0v) is 17.1. The Morgan fingerprint density at radius 2 is 2.07 bits per heavy atom. The van der Waals surface area contributed by atoms with Gasteiger partial charge in [-0.05, 0) is 55.5 Å². The lowest BCUT2D eigenvalue weighted by atomic mass is 10.00. The molecular formula is C21H24BrN3O2. The van der Waals surface area contributed by atoms with E-state index in [1.165, 1.54) is 6.42 Å². The number of amides is 1. The monoisotopic (exact) mass is 429 g/mol. The number of aryl methyl sites for hydroxylation is 1. The Balaban J connectivity index is 1.58. The summed E-state index contributed by atoms with van der Waals surface area (Å²) in [4.78, 5) is 27.5. The Hall–Kier alpha value is -2.08. The van der Waals surface area contributed by atoms with Gasteiger partial charge in [-0.1, -0.05) is 22.9 Å². The molecule has 0 unspecified atom stereocenters. The van der Waals surface area contributed by atoms with Gasteiger partial charge in [0.05, 0.1) is 11.0 Å². The van der Waals surface area contributed by atoms with Crippen LogP contribution >= 0.6 is 15.9 Å². The molecule has 6 heteroatoms. The van der Waals surface area contributed by atoms with E-state index in [2.05, 4.69) is 22.9 Å². The third-order valence-corrected chi connectivity index (χ3v) is 5.98. The fraction of sp³-hybridized carbons (Fsp3) is 0.429. The number of likely N-dealkylation sites (tertiary alicyclic amines) is 1. The van der Waals surface area contributed by atoms with Gasteiger partial charge in [-0.15, -0.1) is 0 Å². The average Bonchev–Trinajstić information content (AvgIpc) is 3.14. The van der Waals surface area contributed by atoms with Crippen LogP contribution in [0.15, 0.2) is 45.8 Å². The molecule has 1 aliphatic heterocycles. The highest BCUT2D eigenvalue weighted by Crippen LogP contribution is 2.21. The number of hydrogen-bond donors (Lipinski definition) is 0. The van der Waals surface area contributed by atoms with Gasteiger partial charge in [0, 0.05) is 36.7 Å². The van der Waals surface area contributed by atoms with Crippen LogP contribution in [0.2, 0.25) is 0 Å². The number of aromatic nitrogens is 2. The molecule has 1 saturated heterocycles. The standard InChI is InChI=1S/C21H24BrN3O2/c1-15-5-2-10-23(14-15)20(26)7-4-12-25-19-13-16(22)8-9-17(19)24-11-3-6-18(24)21(25)27/h3,6,8-9,11,13,15H,2,4-5,7,10,12,14H2,1H3/t15-/m1/s1. The maximum absolute atomic E-state index is 13.0. The van der Waals surface area contributed by atoms with E-state index in [0.29, 0.717) is 30.8 Å². The number of halogens is 1. The lowest BCUT2D eigenvalue weighted by Crippen LogP contribution is -2.39. The highest BCUT2D eigenvalue weighted by atomic mass is 79.9. The van der Waals surface area contributed by atoms with Crippen molar-refractivity contribution in [3.8, 4) is 0 Å². The van der Waals surface area contributed by atoms with Gasteiger partial charge in [0.1, 0.15) is 5.52 Å². The summed E-state index contributed by atoms with van der Waals surface area (Å²) in [7, 11) is 0. The van der Waals surface area contributed by atoms with E-state index < -0.39 is 0 Å². The van der Waals surface area contributed by atoms with Gasteiger partial charge in [0.2, 0.25) is 5.91 Å². The molecule has 1 amide bonds. The minimum Gasteiger partial charge on any atom is -0.342 e. The van der Waals surface area contributed by atoms with Gasteiger partial charge in [0.25, 0.3) is 5.56 Å². The second-order valence-electron chi connectivity index (χ2n) is 7.54. The molecule has 0 aliphatic carbocycles. The second kappa shape index (κ2) is 7.50. The number of fused-ring (bicyclic) bond motifs is 3. The summed E-state index contributed by atoms with van der Waals surface area (Å²) in [6, 6.07) is 9.72. The van der Waals surface area contributed by atoms with Crippen molar-refractivity contribution in [2.75, 3.05) is 13.1 Å². The van der Waals surface area contributed by atoms with Crippen molar-refractivity contribution in [2.24, 2.45) is 5.92 Å². The molecule has 27 heavy (non-hydrogen) atoms. The van der Waals surface area contributed by atoms with Gasteiger partial charge >= 0.3 is 0 Å². The van der Waals surface area contributed by atoms with Crippen LogP contribution in [0.3, 0.4) is 0 Å². The van der Waals surface area contributed by atoms with E-state index >= 15 is 0 Å². The maximum atomic E-state index is 13.0. The first-order valence-electron chi connectivity index (χ1n) is 9.61. The van der Waals surface area contributed by atoms with Crippen molar-refractivity contribution < 1.29 is 4.79 Å². The molecule has 1 fully saturated rings. The van der Waals surface area contributed by atoms with Gasteiger partial charge in [-0.2, -0.15) is 0 Å². The van der Waals surface area contributed by atoms with E-state index in [4.69, 9.17) is 0 Å². The summed E-state index contributed by atoms with van der Waals surface area (Å²) in [6.45, 7) is 4.48. The highest BCUT2D eigenvalue weighted by Gasteiger charge is 2.20. The second-order valence-corrected chi connectivity index (χ2v) is 8.46. The maximum Gasteiger partial charge on any atom is 0.275 e. The Morgan fingerprint density at radius 3 is 2.89 bits per heavy atom. The Kier molecular flexibility index (Phi) is 5.08. The molecular weight excluding hydrogens is 406 g/mol. The highest BCUT2D eigenvalue weighted by molar-refractivity contribution is 9.10. The Morgan fingerprint density at radius 1 is 1.22 bits per heavy atom. The van der Waals surface area contributed by atoms with E-state index in [1.54, 1.807) is 0 Å². The summed E-state index contributed by atoms with van der Waals surface area (Å²) in [5.41, 5.74) is 2.54. The fourth-order valence-corrected chi connectivity index (χ4v) is 4.46. The number of carbonyl (C=O) groups excluding carboxylic acids is 1. The lowest BCUT2D eigenvalue weighted by Gasteiger charge is -2.31. The van der Waals surface area contributed by atoms with Crippen molar-refractivity contribution >= 4 is 38.4 Å². The van der Waals surface area contributed by atoms with E-state index in [0.717, 1.165) is 35.0 Å². The first-order chi connectivity index (χ1) is 13.0. The molecule has 142 valence electrons. The molecule has 0 bridgehead atoms. The summed E-state index contributed by atoms with van der Waals surface area (Å²) < 4.78 is 4.68. The van der Waals surface area contributed by atoms with Gasteiger partial charge in [0.15, 0.2) is 0 Å². The normalized spacial score (nSPS) is 17.7. The summed E-state index contributed by atoms with van der Waals surface area (Å²) >= 11 is 3.51. The van der Waals surface area contributed by atoms with Crippen molar-refractivity contribution in [2.45, 2.75) is 39.2 Å². The van der Waals surface area contributed by atoms with Crippen LogP contribution in [-0.2, 0) is 11.3 Å². The zero-order chi connectivity index (χ0) is 19.0. The minimum atomic E-state index is -0.00959. The molecule has 0 saturated carbocycles. The first-order valence-corrected chi connectivity index (χ1v) is 10.4. The van der Waals surface area contributed by atoms with Gasteiger partial charge in [-0.3, -0.25) is 9.59 Å². The molecule has 1 aromatic carbocycles. The van der Waals surface area contributed by atoms with Crippen molar-refractivity contribution in [1.82, 2.24) is 13.9 Å². The molecule has 1 atom stereocenters. The van der Waals surface area contributed by atoms with Gasteiger partial charge < -0.3 is 13.9 Å². The van der Waals surface area contributed by atoms with E-state index in [1.807, 2.05) is 50.4 Å². The van der Waals surface area contributed by atoms with Crippen LogP contribution in [0.4, 0.5) is 0 Å². The van der Waals surface area contributed by atoms with Crippen molar-refractivity contribution in [1.29, 1.82) is 0 Å². The van der Waals surface area contributed by atoms with Gasteiger partial charge in [-0.25, -0.2) is 0 Å². The number of nitrogens with zero attached hydrogens (tertiary/aromatic N) is 3. The quantitative estimate of drug-likeness (QED) is 0.627. The SMILES string of the molecule is C[C@@H]1CCCN(C(=O)CCCn2c(=O)c3cccn3c3ccc(Br)cc32)C1. The predicted molar refractivity (Wildman–Crippen MR) is 111 cm³/mol. The third-order valence-electron chi connectivity index (χ3n) is 5.48. The Labute approximate surface area is 166 Å². The summed E-state index contributed by atoms with van der Waals surface area (Å²) in [6.07, 6.45) is 5.37. The van der Waals surface area contributed by atoms with Crippen molar-refractivity contribution in [3.63, 3.8) is 0 Å². The molecule has 3 aromatic rings. The summed E-state index contributed by atoms with van der Waals surface area (Å²) in [5.74, 6) is 0.798. The van der Waals surface area contributed by atoms with Crippen LogP contribution in [-0.4, -0.2) is 32.9 Å². The lowest BCUT2D eigenvalue weighted by molar-refractivity contribution is -0.133. The zero-order valence-electron chi connectivity index (χ0n) is 15.5. The molecule has 3 heterocycles. The fourth-order valence-electron chi connectivity index (χ4n) is 4.11. The number of carbonyl (C=O) groups is 1. The molecule has 0 N–H and O–H groups in total. The molecule has 1 aliphatic rings. The van der Waals surface area contributed by atoms with Crippen LogP contribution in [0.1, 0.15) is 32.6 Å². The summed E-state index contributed by atoms with van der Waals surface area (Å²) in [5, 5.41) is 0. The topological polar surface area (TPSA) is 46.7 Å². The van der Waals surface area contributed by atoms with Crippen molar-refractivity contribution in [3.05, 3.63) is 51.4 Å². The largest absolute Gasteiger partial charge is 0.342 e. The molecule has 0 spiro atoms. The van der Waals surface area contributed by atoms with Crippen LogP contribution in [0.5, 0.6) is 0 Å². The smallest absolute Gasteiger partial charge is 0.275 e. The average molecular weight is 430 g/mol. The number of piperidine rings is 1. The van der Waals surface area contributed by atoms with E-state index in [9.17, 15) is 9.59 Å². The molecule has 4 rings (SSSR count). The molecule has 0 radical (unpaired) electrons. The minimum absolute atomic E-state index is 0.00959. The number of rotatable bonds is 4. The van der Waals surface area contributed by atoms with E-state index in [-0.39, 0.29) is 11.5 Å². The van der Waals surface area contributed by atoms with Crippen LogP contribution < -0.4 is 5.56 Å². The number of benzene rings is 1. The third kappa shape index (κ3) is 3.55. The number of hydrogen-bond acceptors (Lipinski definition) is 2. The predicted octanol–water partition coefficient (Wildman–Crippen LogP) is 4.06. The molecule has 2 aromatic heterocycles. The van der Waals surface area contributed by atoms with Crippen LogP contribution in [0.25, 0.3) is 16.6 Å². The first kappa shape index (κ1) is 18.3. The Bertz CT molecular complexity index is 1050. The molecule has 5 nitrogen and oxygen atoms in total.